The van der Waals surface area contributed by atoms with Crippen LogP contribution in [0.2, 0.25) is 0 Å². The number of phenols is 1. The maximum atomic E-state index is 11.0. The van der Waals surface area contributed by atoms with Crippen LogP contribution in [0.4, 0.5) is 11.4 Å². The lowest BCUT2D eigenvalue weighted by atomic mass is 10.1. The Labute approximate surface area is 130 Å². The largest absolute Gasteiger partial charge is 0.502 e. The zero-order valence-corrected chi connectivity index (χ0v) is 12.1. The summed E-state index contributed by atoms with van der Waals surface area (Å²) in [6.07, 6.45) is 2.93. The fraction of sp³-hybridized carbons (Fsp3) is 0.0667. The van der Waals surface area contributed by atoms with Crippen LogP contribution >= 0.6 is 0 Å². The Morgan fingerprint density at radius 2 is 2.22 bits per heavy atom. The summed E-state index contributed by atoms with van der Waals surface area (Å²) in [4.78, 5) is 21.6. The fourth-order valence-corrected chi connectivity index (χ4v) is 2.12. The number of ether oxygens (including phenoxy) is 1. The maximum Gasteiger partial charge on any atom is 0.315 e. The number of nitro groups is 1. The quantitative estimate of drug-likeness (QED) is 0.437. The van der Waals surface area contributed by atoms with Crippen LogP contribution in [0.5, 0.6) is 11.5 Å². The van der Waals surface area contributed by atoms with E-state index in [4.69, 9.17) is 4.74 Å². The van der Waals surface area contributed by atoms with Crippen LogP contribution in [0.15, 0.2) is 41.7 Å². The molecule has 2 N–H and O–H groups in total. The number of rotatable bonds is 4. The van der Waals surface area contributed by atoms with Gasteiger partial charge in [-0.2, -0.15) is 0 Å². The van der Waals surface area contributed by atoms with Crippen LogP contribution < -0.4 is 4.74 Å². The van der Waals surface area contributed by atoms with Gasteiger partial charge in [0.1, 0.15) is 5.75 Å². The number of benzene rings is 2. The molecular weight excluding hydrogens is 300 g/mol. The molecule has 0 radical (unpaired) electrons. The van der Waals surface area contributed by atoms with Gasteiger partial charge in [-0.05, 0) is 24.3 Å². The van der Waals surface area contributed by atoms with Crippen LogP contribution in [0.25, 0.3) is 11.0 Å². The summed E-state index contributed by atoms with van der Waals surface area (Å²) in [5.41, 5.74) is 2.01. The number of phenolic OH excluding ortho intramolecular Hbond substituents is 1. The number of aromatic hydroxyl groups is 1. The maximum absolute atomic E-state index is 11.0. The number of aliphatic imine (C=N–C) groups is 1. The Morgan fingerprint density at radius 1 is 1.39 bits per heavy atom. The van der Waals surface area contributed by atoms with Crippen molar-refractivity contribution in [2.24, 2.45) is 4.99 Å². The number of hydrogen-bond donors (Lipinski definition) is 2. The van der Waals surface area contributed by atoms with Gasteiger partial charge in [0.25, 0.3) is 0 Å². The van der Waals surface area contributed by atoms with Crippen LogP contribution in [0.3, 0.4) is 0 Å². The van der Waals surface area contributed by atoms with Crippen molar-refractivity contribution in [3.63, 3.8) is 0 Å². The SMILES string of the molecule is COc1cc(C=Nc2ccc3nc[nH]c3c2)c(O)c([N+](=O)[O-])c1. The van der Waals surface area contributed by atoms with Crippen LogP contribution in [0, 0.1) is 10.1 Å². The molecule has 8 nitrogen and oxygen atoms in total. The molecule has 0 spiro atoms. The lowest BCUT2D eigenvalue weighted by molar-refractivity contribution is -0.385. The Morgan fingerprint density at radius 3 is 2.96 bits per heavy atom. The number of nitrogens with one attached hydrogen (secondary N) is 1. The van der Waals surface area contributed by atoms with E-state index in [2.05, 4.69) is 15.0 Å². The van der Waals surface area contributed by atoms with Gasteiger partial charge in [0.15, 0.2) is 0 Å². The Bertz CT molecular complexity index is 917. The van der Waals surface area contributed by atoms with Gasteiger partial charge in [-0.1, -0.05) is 0 Å². The second-order valence-corrected chi connectivity index (χ2v) is 4.70. The summed E-state index contributed by atoms with van der Waals surface area (Å²) >= 11 is 0. The lowest BCUT2D eigenvalue weighted by Crippen LogP contribution is -1.94. The highest BCUT2D eigenvalue weighted by atomic mass is 16.6. The van der Waals surface area contributed by atoms with Crippen LogP contribution in [0.1, 0.15) is 5.56 Å². The molecule has 1 heterocycles. The second-order valence-electron chi connectivity index (χ2n) is 4.70. The number of methoxy groups -OCH3 is 1. The van der Waals surface area contributed by atoms with E-state index in [-0.39, 0.29) is 11.3 Å². The number of fused-ring (bicyclic) bond motifs is 1. The molecule has 0 saturated carbocycles. The van der Waals surface area contributed by atoms with Crippen molar-refractivity contribution in [2.75, 3.05) is 7.11 Å². The highest BCUT2D eigenvalue weighted by Gasteiger charge is 2.18. The van der Waals surface area contributed by atoms with E-state index < -0.39 is 16.4 Å². The first-order valence-electron chi connectivity index (χ1n) is 6.61. The highest BCUT2D eigenvalue weighted by Crippen LogP contribution is 2.33. The molecule has 0 unspecified atom stereocenters. The minimum Gasteiger partial charge on any atom is -0.502 e. The van der Waals surface area contributed by atoms with E-state index in [0.29, 0.717) is 5.69 Å². The van der Waals surface area contributed by atoms with Crippen molar-refractivity contribution < 1.29 is 14.8 Å². The first-order chi connectivity index (χ1) is 11.1. The molecule has 0 aliphatic rings. The molecule has 116 valence electrons. The van der Waals surface area contributed by atoms with E-state index in [1.165, 1.54) is 19.4 Å². The van der Waals surface area contributed by atoms with Gasteiger partial charge < -0.3 is 14.8 Å². The Kier molecular flexibility index (Phi) is 3.63. The van der Waals surface area contributed by atoms with Crippen LogP contribution in [-0.2, 0) is 0 Å². The third-order valence-corrected chi connectivity index (χ3v) is 3.28. The minimum atomic E-state index is -0.675. The molecular formula is C15H12N4O4. The zero-order chi connectivity index (χ0) is 16.4. The van der Waals surface area contributed by atoms with E-state index in [0.717, 1.165) is 17.1 Å². The molecule has 23 heavy (non-hydrogen) atoms. The average molecular weight is 312 g/mol. The predicted molar refractivity (Wildman–Crippen MR) is 84.7 cm³/mol. The fourth-order valence-electron chi connectivity index (χ4n) is 2.12. The smallest absolute Gasteiger partial charge is 0.315 e. The third kappa shape index (κ3) is 2.82. The minimum absolute atomic E-state index is 0.195. The van der Waals surface area contributed by atoms with Crippen molar-refractivity contribution in [1.82, 2.24) is 9.97 Å². The summed E-state index contributed by atoms with van der Waals surface area (Å²) in [5, 5.41) is 21.0. The van der Waals surface area contributed by atoms with Gasteiger partial charge in [-0.15, -0.1) is 0 Å². The molecule has 0 amide bonds. The summed E-state index contributed by atoms with van der Waals surface area (Å²) in [6.45, 7) is 0. The molecule has 2 aromatic carbocycles. The Hall–Kier alpha value is -3.42. The molecule has 0 atom stereocenters. The van der Waals surface area contributed by atoms with Gasteiger partial charge in [0.05, 0.1) is 41.1 Å². The molecule has 0 fully saturated rings. The number of nitrogens with zero attached hydrogens (tertiary/aromatic N) is 3. The predicted octanol–water partition coefficient (Wildman–Crippen LogP) is 2.94. The summed E-state index contributed by atoms with van der Waals surface area (Å²) in [7, 11) is 1.39. The van der Waals surface area contributed by atoms with Crippen LogP contribution in [-0.4, -0.2) is 33.3 Å². The first-order valence-corrected chi connectivity index (χ1v) is 6.61. The van der Waals surface area contributed by atoms with Crippen molar-refractivity contribution in [3.05, 3.63) is 52.3 Å². The topological polar surface area (TPSA) is 114 Å². The molecule has 3 aromatic rings. The first kappa shape index (κ1) is 14.5. The molecule has 1 aromatic heterocycles. The van der Waals surface area contributed by atoms with E-state index in [1.807, 2.05) is 0 Å². The van der Waals surface area contributed by atoms with Crippen molar-refractivity contribution >= 4 is 28.6 Å². The number of imidazole rings is 1. The monoisotopic (exact) mass is 312 g/mol. The molecule has 0 saturated heterocycles. The molecule has 3 rings (SSSR count). The van der Waals surface area contributed by atoms with Crippen molar-refractivity contribution in [1.29, 1.82) is 0 Å². The third-order valence-electron chi connectivity index (χ3n) is 3.28. The van der Waals surface area contributed by atoms with E-state index in [9.17, 15) is 15.2 Å². The number of nitro benzene ring substituents is 1. The van der Waals surface area contributed by atoms with Crippen molar-refractivity contribution in [3.8, 4) is 11.5 Å². The lowest BCUT2D eigenvalue weighted by Gasteiger charge is -2.04. The van der Waals surface area contributed by atoms with E-state index >= 15 is 0 Å². The molecule has 8 heteroatoms. The Balaban J connectivity index is 2.00. The second kappa shape index (κ2) is 5.76. The zero-order valence-electron chi connectivity index (χ0n) is 12.1. The van der Waals surface area contributed by atoms with Gasteiger partial charge in [0, 0.05) is 11.8 Å². The number of aromatic amines is 1. The summed E-state index contributed by atoms with van der Waals surface area (Å²) in [6, 6.07) is 7.96. The molecule has 0 aliphatic heterocycles. The van der Waals surface area contributed by atoms with Gasteiger partial charge in [-0.3, -0.25) is 15.1 Å². The van der Waals surface area contributed by atoms with Gasteiger partial charge >= 0.3 is 5.69 Å². The molecule has 0 bridgehead atoms. The average Bonchev–Trinajstić information content (AvgIpc) is 3.01. The summed E-state index contributed by atoms with van der Waals surface area (Å²) < 4.78 is 5.01. The normalized spacial score (nSPS) is 11.2. The number of hydrogen-bond acceptors (Lipinski definition) is 6. The summed E-state index contributed by atoms with van der Waals surface area (Å²) in [5.74, 6) is -0.192. The number of H-pyrrole nitrogens is 1. The van der Waals surface area contributed by atoms with E-state index in [1.54, 1.807) is 24.5 Å². The van der Waals surface area contributed by atoms with Crippen molar-refractivity contribution in [2.45, 2.75) is 0 Å². The van der Waals surface area contributed by atoms with Gasteiger partial charge in [0.2, 0.25) is 5.75 Å². The number of aromatic nitrogens is 2. The van der Waals surface area contributed by atoms with Gasteiger partial charge in [-0.25, -0.2) is 4.98 Å². The molecule has 0 aliphatic carbocycles. The standard InChI is InChI=1S/C15H12N4O4/c1-23-11-4-9(15(20)14(6-11)19(21)22)7-16-10-2-3-12-13(5-10)18-8-17-12/h2-8,20H,1H3,(H,17,18). The highest BCUT2D eigenvalue weighted by molar-refractivity contribution is 5.89.